The van der Waals surface area contributed by atoms with Gasteiger partial charge in [-0.2, -0.15) is 5.10 Å². The number of amides is 2. The van der Waals surface area contributed by atoms with E-state index in [-0.39, 0.29) is 34.2 Å². The van der Waals surface area contributed by atoms with Crippen molar-refractivity contribution in [3.8, 4) is 5.75 Å². The van der Waals surface area contributed by atoms with Crippen LogP contribution in [0.25, 0.3) is 0 Å². The minimum atomic E-state index is -0.341. The molecule has 0 fully saturated rings. The first kappa shape index (κ1) is 22.3. The van der Waals surface area contributed by atoms with Crippen LogP contribution in [0, 0.1) is 6.92 Å². The Hall–Kier alpha value is -3.35. The first-order valence-electron chi connectivity index (χ1n) is 9.29. The Morgan fingerprint density at radius 1 is 1.00 bits per heavy atom. The molecule has 6 nitrogen and oxygen atoms in total. The number of halogens is 2. The smallest absolute Gasteiger partial charge is 0.271 e. The maximum atomic E-state index is 12.1. The van der Waals surface area contributed by atoms with E-state index in [9.17, 15) is 9.59 Å². The molecule has 3 aromatic rings. The molecule has 0 atom stereocenters. The number of ether oxygens (including phenoxy) is 1. The van der Waals surface area contributed by atoms with E-state index in [1.807, 2.05) is 31.2 Å². The number of aryl methyl sites for hydroxylation is 1. The van der Waals surface area contributed by atoms with Crippen LogP contribution in [0.15, 0.2) is 71.8 Å². The van der Waals surface area contributed by atoms with Crippen molar-refractivity contribution >= 4 is 46.9 Å². The highest BCUT2D eigenvalue weighted by Gasteiger charge is 2.12. The second-order valence-electron chi connectivity index (χ2n) is 6.59. The number of carbonyl (C=O) groups is 2. The number of nitrogens with zero attached hydrogens (tertiary/aromatic N) is 1. The number of rotatable bonds is 7. The molecule has 0 unspecified atom stereocenters. The van der Waals surface area contributed by atoms with E-state index in [2.05, 4.69) is 15.8 Å². The van der Waals surface area contributed by atoms with Crippen molar-refractivity contribution < 1.29 is 14.3 Å². The molecule has 2 N–H and O–H groups in total. The average Bonchev–Trinajstić information content (AvgIpc) is 2.73. The minimum Gasteiger partial charge on any atom is -0.481 e. The van der Waals surface area contributed by atoms with Crippen LogP contribution >= 0.6 is 23.2 Å². The normalized spacial score (nSPS) is 10.7. The second kappa shape index (κ2) is 10.6. The third-order valence-electron chi connectivity index (χ3n) is 4.09. The fourth-order valence-corrected chi connectivity index (χ4v) is 3.28. The number of benzene rings is 3. The molecule has 0 radical (unpaired) electrons. The largest absolute Gasteiger partial charge is 0.481 e. The van der Waals surface area contributed by atoms with Crippen molar-refractivity contribution in [1.82, 2.24) is 5.43 Å². The van der Waals surface area contributed by atoms with Crippen LogP contribution in [0.2, 0.25) is 10.0 Å². The molecule has 0 saturated heterocycles. The van der Waals surface area contributed by atoms with Crippen molar-refractivity contribution in [2.75, 3.05) is 11.9 Å². The lowest BCUT2D eigenvalue weighted by molar-refractivity contribution is -0.118. The zero-order chi connectivity index (χ0) is 22.2. The van der Waals surface area contributed by atoms with Gasteiger partial charge in [0, 0.05) is 11.3 Å². The molecular weight excluding hydrogens is 437 g/mol. The average molecular weight is 456 g/mol. The molecule has 2 amide bonds. The van der Waals surface area contributed by atoms with Gasteiger partial charge in [0.05, 0.1) is 16.3 Å². The van der Waals surface area contributed by atoms with E-state index >= 15 is 0 Å². The molecule has 0 heterocycles. The van der Waals surface area contributed by atoms with Gasteiger partial charge in [-0.05, 0) is 54.4 Å². The maximum Gasteiger partial charge on any atom is 0.271 e. The van der Waals surface area contributed by atoms with E-state index in [4.69, 9.17) is 27.9 Å². The summed E-state index contributed by atoms with van der Waals surface area (Å²) in [5, 5.41) is 7.08. The van der Waals surface area contributed by atoms with E-state index in [0.717, 1.165) is 5.56 Å². The molecule has 3 aromatic carbocycles. The summed E-state index contributed by atoms with van der Waals surface area (Å²) in [5.74, 6) is -0.492. The van der Waals surface area contributed by atoms with Crippen LogP contribution < -0.4 is 15.5 Å². The van der Waals surface area contributed by atoms with Gasteiger partial charge in [0.25, 0.3) is 11.8 Å². The van der Waals surface area contributed by atoms with E-state index in [1.54, 1.807) is 42.5 Å². The fourth-order valence-electron chi connectivity index (χ4n) is 2.67. The molecule has 0 aliphatic rings. The van der Waals surface area contributed by atoms with E-state index in [0.29, 0.717) is 16.8 Å². The molecule has 0 aromatic heterocycles. The highest BCUT2D eigenvalue weighted by molar-refractivity contribution is 6.37. The van der Waals surface area contributed by atoms with Crippen LogP contribution in [0.3, 0.4) is 0 Å². The summed E-state index contributed by atoms with van der Waals surface area (Å²) in [5.41, 5.74) is 5.18. The third kappa shape index (κ3) is 6.57. The van der Waals surface area contributed by atoms with Crippen LogP contribution in [-0.4, -0.2) is 24.6 Å². The van der Waals surface area contributed by atoms with Crippen LogP contribution in [-0.2, 0) is 4.79 Å². The number of nitrogens with one attached hydrogen (secondary N) is 2. The van der Waals surface area contributed by atoms with Crippen molar-refractivity contribution in [1.29, 1.82) is 0 Å². The molecule has 0 aliphatic carbocycles. The van der Waals surface area contributed by atoms with Gasteiger partial charge in [0.2, 0.25) is 0 Å². The van der Waals surface area contributed by atoms with Crippen molar-refractivity contribution in [2.45, 2.75) is 6.92 Å². The van der Waals surface area contributed by atoms with Crippen LogP contribution in [0.1, 0.15) is 21.5 Å². The molecule has 158 valence electrons. The summed E-state index contributed by atoms with van der Waals surface area (Å²) in [4.78, 5) is 24.1. The first-order chi connectivity index (χ1) is 14.9. The summed E-state index contributed by atoms with van der Waals surface area (Å²) >= 11 is 12.5. The van der Waals surface area contributed by atoms with Gasteiger partial charge in [-0.25, -0.2) is 5.43 Å². The van der Waals surface area contributed by atoms with Crippen molar-refractivity contribution in [2.24, 2.45) is 5.10 Å². The topological polar surface area (TPSA) is 79.8 Å². The van der Waals surface area contributed by atoms with Gasteiger partial charge in [-0.15, -0.1) is 0 Å². The molecule has 8 heteroatoms. The summed E-state index contributed by atoms with van der Waals surface area (Å²) in [6.07, 6.45) is 1.41. The predicted octanol–water partition coefficient (Wildman–Crippen LogP) is 5.08. The van der Waals surface area contributed by atoms with E-state index in [1.165, 1.54) is 6.21 Å². The highest BCUT2D eigenvalue weighted by atomic mass is 35.5. The Bertz CT molecular complexity index is 1100. The number of hydrazone groups is 1. The molecule has 0 saturated carbocycles. The summed E-state index contributed by atoms with van der Waals surface area (Å²) < 4.78 is 5.50. The lowest BCUT2D eigenvalue weighted by Crippen LogP contribution is -2.20. The van der Waals surface area contributed by atoms with Crippen molar-refractivity contribution in [3.63, 3.8) is 0 Å². The quantitative estimate of drug-likeness (QED) is 0.384. The minimum absolute atomic E-state index is 0.188. The first-order valence-corrected chi connectivity index (χ1v) is 10.0. The number of anilines is 1. The zero-order valence-corrected chi connectivity index (χ0v) is 18.1. The second-order valence-corrected chi connectivity index (χ2v) is 7.40. The monoisotopic (exact) mass is 455 g/mol. The molecule has 0 aliphatic heterocycles. The molecule has 31 heavy (non-hydrogen) atoms. The number of hydrogen-bond donors (Lipinski definition) is 2. The predicted molar refractivity (Wildman–Crippen MR) is 123 cm³/mol. The van der Waals surface area contributed by atoms with Crippen LogP contribution in [0.5, 0.6) is 5.75 Å². The fraction of sp³-hybridized carbons (Fsp3) is 0.0870. The molecular formula is C23H19Cl2N3O3. The van der Waals surface area contributed by atoms with Gasteiger partial charge in [-0.3, -0.25) is 9.59 Å². The summed E-state index contributed by atoms with van der Waals surface area (Å²) in [6, 6.07) is 19.3. The number of carbonyl (C=O) groups excluding carboxylic acids is 2. The van der Waals surface area contributed by atoms with Gasteiger partial charge in [0.1, 0.15) is 0 Å². The Morgan fingerprint density at radius 2 is 1.71 bits per heavy atom. The van der Waals surface area contributed by atoms with Crippen LogP contribution in [0.4, 0.5) is 5.69 Å². The number of hydrogen-bond acceptors (Lipinski definition) is 4. The Balaban J connectivity index is 1.58. The van der Waals surface area contributed by atoms with Gasteiger partial charge >= 0.3 is 0 Å². The molecule has 3 rings (SSSR count). The van der Waals surface area contributed by atoms with E-state index < -0.39 is 0 Å². The van der Waals surface area contributed by atoms with Crippen molar-refractivity contribution in [3.05, 3.63) is 93.5 Å². The van der Waals surface area contributed by atoms with Gasteiger partial charge < -0.3 is 10.1 Å². The Kier molecular flexibility index (Phi) is 7.65. The van der Waals surface area contributed by atoms with Gasteiger partial charge in [0.15, 0.2) is 12.4 Å². The Morgan fingerprint density at radius 3 is 2.39 bits per heavy atom. The standard InChI is InChI=1S/C23H19Cl2N3O3/c1-15-6-5-9-18(10-15)27-21(29)14-31-22-19(24)11-16(12-20(22)25)13-26-28-23(30)17-7-3-2-4-8-17/h2-13H,14H2,1H3,(H,27,29)(H,28,30)/b26-13+. The zero-order valence-electron chi connectivity index (χ0n) is 16.6. The maximum absolute atomic E-state index is 12.1. The summed E-state index contributed by atoms with van der Waals surface area (Å²) in [6.45, 7) is 1.68. The lowest BCUT2D eigenvalue weighted by atomic mass is 10.2. The SMILES string of the molecule is Cc1cccc(NC(=O)COc2c(Cl)cc(/C=N/NC(=O)c3ccccc3)cc2Cl)c1. The molecule has 0 bridgehead atoms. The summed E-state index contributed by atoms with van der Waals surface area (Å²) in [7, 11) is 0. The highest BCUT2D eigenvalue weighted by Crippen LogP contribution is 2.33. The van der Waals surface area contributed by atoms with Gasteiger partial charge in [-0.1, -0.05) is 53.5 Å². The Labute approximate surface area is 189 Å². The third-order valence-corrected chi connectivity index (χ3v) is 4.65. The molecule has 0 spiro atoms. The lowest BCUT2D eigenvalue weighted by Gasteiger charge is -2.11.